The number of aliphatic hydroxyl groups is 1. The van der Waals surface area contributed by atoms with Crippen LogP contribution in [0.3, 0.4) is 0 Å². The Hall–Kier alpha value is -0.200. The van der Waals surface area contributed by atoms with Crippen molar-refractivity contribution in [1.82, 2.24) is 0 Å². The Morgan fingerprint density at radius 2 is 1.91 bits per heavy atom. The summed E-state index contributed by atoms with van der Waals surface area (Å²) in [7, 11) is 0. The average Bonchev–Trinajstić information content (AvgIpc) is 2.31. The summed E-state index contributed by atoms with van der Waals surface area (Å²) in [5.41, 5.74) is -0.989. The van der Waals surface area contributed by atoms with Crippen molar-refractivity contribution in [2.75, 3.05) is 0 Å². The Kier molecular flexibility index (Phi) is 1.62. The summed E-state index contributed by atoms with van der Waals surface area (Å²) in [5, 5.41) is 19.5. The minimum absolute atomic E-state index is 0.554. The van der Waals surface area contributed by atoms with Gasteiger partial charge in [0.25, 0.3) is 0 Å². The van der Waals surface area contributed by atoms with E-state index in [1.54, 1.807) is 0 Å². The molecular formula is C8H11NOS. The lowest BCUT2D eigenvalue weighted by Gasteiger charge is -2.29. The van der Waals surface area contributed by atoms with Crippen molar-refractivity contribution >= 4 is 11.8 Å². The van der Waals surface area contributed by atoms with Crippen molar-refractivity contribution in [2.24, 2.45) is 0 Å². The molecule has 0 radical (unpaired) electrons. The molecule has 2 unspecified atom stereocenters. The number of fused-ring (bicyclic) bond motifs is 2. The normalized spacial score (nSPS) is 48.7. The molecule has 0 amide bonds. The molecule has 3 heteroatoms. The van der Waals surface area contributed by atoms with Crippen molar-refractivity contribution in [3.63, 3.8) is 0 Å². The molecule has 2 fully saturated rings. The van der Waals surface area contributed by atoms with Crippen LogP contribution in [0.1, 0.15) is 25.7 Å². The van der Waals surface area contributed by atoms with Gasteiger partial charge in [0.1, 0.15) is 0 Å². The molecule has 0 aromatic heterocycles. The molecule has 2 heterocycles. The summed E-state index contributed by atoms with van der Waals surface area (Å²) in [6.07, 6.45) is 3.76. The highest BCUT2D eigenvalue weighted by Gasteiger charge is 2.43. The second-order valence-electron chi connectivity index (χ2n) is 3.51. The lowest BCUT2D eigenvalue weighted by atomic mass is 9.96. The second-order valence-corrected chi connectivity index (χ2v) is 5.11. The maximum atomic E-state index is 9.69. The summed E-state index contributed by atoms with van der Waals surface area (Å²) >= 11 is 1.96. The molecule has 2 saturated heterocycles. The van der Waals surface area contributed by atoms with Crippen molar-refractivity contribution in [3.05, 3.63) is 0 Å². The number of hydrogen-bond donors (Lipinski definition) is 1. The fraction of sp³-hybridized carbons (Fsp3) is 0.875. The van der Waals surface area contributed by atoms with E-state index in [4.69, 9.17) is 5.26 Å². The van der Waals surface area contributed by atoms with Gasteiger partial charge >= 0.3 is 0 Å². The standard InChI is InChI=1S/C8H11NOS/c9-5-8(10)3-6-1-2-7(4-8)11-6/h6-7,10H,1-4H2. The van der Waals surface area contributed by atoms with Gasteiger partial charge in [-0.3, -0.25) is 0 Å². The predicted molar refractivity (Wildman–Crippen MR) is 44.2 cm³/mol. The molecule has 1 N–H and O–H groups in total. The first-order chi connectivity index (χ1) is 5.22. The van der Waals surface area contributed by atoms with E-state index in [0.29, 0.717) is 23.3 Å². The van der Waals surface area contributed by atoms with Gasteiger partial charge in [-0.2, -0.15) is 17.0 Å². The lowest BCUT2D eigenvalue weighted by Crippen LogP contribution is -2.35. The van der Waals surface area contributed by atoms with E-state index in [-0.39, 0.29) is 0 Å². The van der Waals surface area contributed by atoms with E-state index in [2.05, 4.69) is 0 Å². The molecule has 2 bridgehead atoms. The van der Waals surface area contributed by atoms with Crippen LogP contribution in [0, 0.1) is 11.3 Å². The van der Waals surface area contributed by atoms with E-state index in [0.717, 1.165) is 0 Å². The molecule has 2 atom stereocenters. The molecule has 0 aromatic carbocycles. The monoisotopic (exact) mass is 169 g/mol. The first kappa shape index (κ1) is 7.45. The summed E-state index contributed by atoms with van der Waals surface area (Å²) in [6.45, 7) is 0. The lowest BCUT2D eigenvalue weighted by molar-refractivity contribution is 0.0814. The van der Waals surface area contributed by atoms with Crippen LogP contribution in [-0.4, -0.2) is 21.2 Å². The highest BCUT2D eigenvalue weighted by atomic mass is 32.2. The fourth-order valence-electron chi connectivity index (χ4n) is 2.01. The van der Waals surface area contributed by atoms with E-state index >= 15 is 0 Å². The first-order valence-corrected chi connectivity index (χ1v) is 4.95. The molecule has 0 spiro atoms. The van der Waals surface area contributed by atoms with Gasteiger partial charge in [-0.05, 0) is 12.8 Å². The van der Waals surface area contributed by atoms with Crippen LogP contribution in [0.15, 0.2) is 0 Å². The molecular weight excluding hydrogens is 158 g/mol. The van der Waals surface area contributed by atoms with Crippen LogP contribution in [0.4, 0.5) is 0 Å². The topological polar surface area (TPSA) is 44.0 Å². The summed E-state index contributed by atoms with van der Waals surface area (Å²) in [4.78, 5) is 0. The van der Waals surface area contributed by atoms with Crippen molar-refractivity contribution in [3.8, 4) is 6.07 Å². The molecule has 0 aromatic rings. The summed E-state index contributed by atoms with van der Waals surface area (Å²) in [6, 6.07) is 2.02. The zero-order valence-corrected chi connectivity index (χ0v) is 7.10. The number of nitriles is 1. The number of thioether (sulfide) groups is 1. The molecule has 2 nitrogen and oxygen atoms in total. The highest BCUT2D eigenvalue weighted by molar-refractivity contribution is 8.00. The third kappa shape index (κ3) is 1.25. The summed E-state index contributed by atoms with van der Waals surface area (Å²) in [5.74, 6) is 0. The van der Waals surface area contributed by atoms with Gasteiger partial charge in [-0.1, -0.05) is 0 Å². The van der Waals surface area contributed by atoms with E-state index in [1.807, 2.05) is 17.8 Å². The third-order valence-corrected chi connectivity index (χ3v) is 4.11. The van der Waals surface area contributed by atoms with E-state index in [9.17, 15) is 5.11 Å². The highest BCUT2D eigenvalue weighted by Crippen LogP contribution is 2.47. The number of hydrogen-bond acceptors (Lipinski definition) is 3. The largest absolute Gasteiger partial charge is 0.375 e. The second kappa shape index (κ2) is 2.40. The van der Waals surface area contributed by atoms with Gasteiger partial charge < -0.3 is 5.11 Å². The third-order valence-electron chi connectivity index (χ3n) is 2.53. The quantitative estimate of drug-likeness (QED) is 0.556. The van der Waals surface area contributed by atoms with Gasteiger partial charge in [0, 0.05) is 23.3 Å². The summed E-state index contributed by atoms with van der Waals surface area (Å²) < 4.78 is 0. The van der Waals surface area contributed by atoms with Gasteiger partial charge in [-0.25, -0.2) is 0 Å². The van der Waals surface area contributed by atoms with Crippen LogP contribution in [0.5, 0.6) is 0 Å². The van der Waals surface area contributed by atoms with E-state index < -0.39 is 5.60 Å². The van der Waals surface area contributed by atoms with Crippen LogP contribution in [-0.2, 0) is 0 Å². The Balaban J connectivity index is 2.15. The van der Waals surface area contributed by atoms with Crippen LogP contribution in [0.25, 0.3) is 0 Å². The molecule has 2 aliphatic heterocycles. The minimum Gasteiger partial charge on any atom is -0.375 e. The van der Waals surface area contributed by atoms with Crippen molar-refractivity contribution in [1.29, 1.82) is 5.26 Å². The zero-order valence-electron chi connectivity index (χ0n) is 6.29. The fourth-order valence-corrected chi connectivity index (χ4v) is 3.84. The maximum Gasteiger partial charge on any atom is 0.153 e. The number of nitrogens with zero attached hydrogens (tertiary/aromatic N) is 1. The molecule has 60 valence electrons. The molecule has 0 saturated carbocycles. The molecule has 0 aliphatic carbocycles. The smallest absolute Gasteiger partial charge is 0.153 e. The SMILES string of the molecule is N#CC1(O)CC2CCC(C1)S2. The predicted octanol–water partition coefficient (Wildman–Crippen LogP) is 1.30. The Morgan fingerprint density at radius 3 is 2.36 bits per heavy atom. The molecule has 2 rings (SSSR count). The van der Waals surface area contributed by atoms with Crippen molar-refractivity contribution < 1.29 is 5.11 Å². The zero-order chi connectivity index (χ0) is 7.90. The van der Waals surface area contributed by atoms with Gasteiger partial charge in [0.2, 0.25) is 0 Å². The van der Waals surface area contributed by atoms with Crippen LogP contribution in [0.2, 0.25) is 0 Å². The minimum atomic E-state index is -0.989. The van der Waals surface area contributed by atoms with Gasteiger partial charge in [-0.15, -0.1) is 0 Å². The maximum absolute atomic E-state index is 9.69. The van der Waals surface area contributed by atoms with Crippen LogP contribution >= 0.6 is 11.8 Å². The van der Waals surface area contributed by atoms with Crippen LogP contribution < -0.4 is 0 Å². The Labute approximate surface area is 70.6 Å². The van der Waals surface area contributed by atoms with Gasteiger partial charge in [0.15, 0.2) is 5.60 Å². The molecule has 11 heavy (non-hydrogen) atoms. The Morgan fingerprint density at radius 1 is 1.36 bits per heavy atom. The first-order valence-electron chi connectivity index (χ1n) is 4.01. The number of rotatable bonds is 0. The van der Waals surface area contributed by atoms with Crippen molar-refractivity contribution in [2.45, 2.75) is 41.8 Å². The Bertz CT molecular complexity index is 199. The average molecular weight is 169 g/mol. The van der Waals surface area contributed by atoms with Gasteiger partial charge in [0.05, 0.1) is 6.07 Å². The van der Waals surface area contributed by atoms with E-state index in [1.165, 1.54) is 12.8 Å². The molecule has 2 aliphatic rings.